The zero-order valence-electron chi connectivity index (χ0n) is 10.7. The molecule has 1 fully saturated rings. The summed E-state index contributed by atoms with van der Waals surface area (Å²) < 4.78 is 11.4. The molecule has 0 radical (unpaired) electrons. The summed E-state index contributed by atoms with van der Waals surface area (Å²) in [5.74, 6) is 1.39. The molecular weight excluding hydrogens is 298 g/mol. The van der Waals surface area contributed by atoms with Gasteiger partial charge in [0.15, 0.2) is 12.1 Å². The van der Waals surface area contributed by atoms with Crippen LogP contribution in [-0.2, 0) is 9.47 Å². The van der Waals surface area contributed by atoms with Crippen LogP contribution in [0.15, 0.2) is 16.7 Å². The summed E-state index contributed by atoms with van der Waals surface area (Å²) in [6.07, 6.45) is 2.00. The van der Waals surface area contributed by atoms with Crippen LogP contribution < -0.4 is 4.90 Å². The zero-order chi connectivity index (χ0) is 13.0. The van der Waals surface area contributed by atoms with E-state index in [2.05, 4.69) is 31.0 Å². The predicted octanol–water partition coefficient (Wildman–Crippen LogP) is 2.07. The first-order valence-electron chi connectivity index (χ1n) is 6.04. The van der Waals surface area contributed by atoms with Crippen molar-refractivity contribution >= 4 is 21.7 Å². The Kier molecular flexibility index (Phi) is 4.91. The molecule has 5 nitrogen and oxygen atoms in total. The number of hydrogen-bond acceptors (Lipinski definition) is 5. The Morgan fingerprint density at radius 3 is 2.39 bits per heavy atom. The molecule has 18 heavy (non-hydrogen) atoms. The fourth-order valence-corrected chi connectivity index (χ4v) is 2.57. The van der Waals surface area contributed by atoms with E-state index in [4.69, 9.17) is 9.47 Å². The van der Waals surface area contributed by atoms with Crippen molar-refractivity contribution in [3.05, 3.63) is 16.7 Å². The topological polar surface area (TPSA) is 47.5 Å². The zero-order valence-corrected chi connectivity index (χ0v) is 12.3. The third-order valence-corrected chi connectivity index (χ3v) is 3.75. The molecule has 0 atom stereocenters. The number of hydrogen-bond donors (Lipinski definition) is 0. The van der Waals surface area contributed by atoms with Gasteiger partial charge in [0.2, 0.25) is 0 Å². The predicted molar refractivity (Wildman–Crippen MR) is 72.5 cm³/mol. The molecule has 100 valence electrons. The molecule has 1 saturated heterocycles. The van der Waals surface area contributed by atoms with Gasteiger partial charge >= 0.3 is 0 Å². The highest BCUT2D eigenvalue weighted by Crippen LogP contribution is 2.25. The van der Waals surface area contributed by atoms with Gasteiger partial charge in [-0.05, 0) is 40.9 Å². The molecule has 1 aromatic heterocycles. The summed E-state index contributed by atoms with van der Waals surface area (Å²) in [6.45, 7) is 1.92. The highest BCUT2D eigenvalue weighted by Gasteiger charge is 2.27. The molecule has 0 bridgehead atoms. The Balaban J connectivity index is 1.92. The van der Waals surface area contributed by atoms with E-state index in [1.807, 2.05) is 12.1 Å². The van der Waals surface area contributed by atoms with Crippen molar-refractivity contribution < 1.29 is 9.47 Å². The Morgan fingerprint density at radius 2 is 1.89 bits per heavy atom. The van der Waals surface area contributed by atoms with Crippen molar-refractivity contribution in [1.29, 1.82) is 0 Å². The van der Waals surface area contributed by atoms with Gasteiger partial charge in [-0.15, -0.1) is 10.2 Å². The number of methoxy groups -OCH3 is 2. The first-order valence-corrected chi connectivity index (χ1v) is 6.83. The molecule has 6 heteroatoms. The number of ether oxygens (including phenoxy) is 2. The first kappa shape index (κ1) is 13.7. The Bertz CT molecular complexity index is 362. The molecular formula is C12H18BrN3O2. The fraction of sp³-hybridized carbons (Fsp3) is 0.667. The fourth-order valence-electron chi connectivity index (χ4n) is 2.36. The minimum Gasteiger partial charge on any atom is -0.356 e. The number of aromatic nitrogens is 2. The van der Waals surface area contributed by atoms with E-state index in [0.29, 0.717) is 5.92 Å². The number of nitrogens with zero attached hydrogens (tertiary/aromatic N) is 3. The average Bonchev–Trinajstić information content (AvgIpc) is 2.42. The van der Waals surface area contributed by atoms with Gasteiger partial charge in [-0.2, -0.15) is 0 Å². The van der Waals surface area contributed by atoms with Gasteiger partial charge in [-0.3, -0.25) is 0 Å². The summed E-state index contributed by atoms with van der Waals surface area (Å²) in [5, 5.41) is 8.20. The Morgan fingerprint density at radius 1 is 1.22 bits per heavy atom. The second-order valence-electron chi connectivity index (χ2n) is 4.38. The standard InChI is InChI=1S/C12H18BrN3O2/c1-17-12(18-2)9-5-7-16(8-6-9)11-4-3-10(13)14-15-11/h3-4,9,12H,5-8H2,1-2H3. The monoisotopic (exact) mass is 315 g/mol. The lowest BCUT2D eigenvalue weighted by Crippen LogP contribution is -2.39. The molecule has 0 unspecified atom stereocenters. The number of rotatable bonds is 4. The molecule has 1 aromatic rings. The molecule has 0 saturated carbocycles. The van der Waals surface area contributed by atoms with Crippen molar-refractivity contribution in [2.45, 2.75) is 19.1 Å². The van der Waals surface area contributed by atoms with Crippen molar-refractivity contribution in [2.24, 2.45) is 5.92 Å². The van der Waals surface area contributed by atoms with Crippen LogP contribution in [0.1, 0.15) is 12.8 Å². The minimum absolute atomic E-state index is 0.0943. The highest BCUT2D eigenvalue weighted by molar-refractivity contribution is 9.10. The van der Waals surface area contributed by atoms with E-state index in [1.54, 1.807) is 14.2 Å². The Hall–Kier alpha value is -0.720. The van der Waals surface area contributed by atoms with Crippen molar-refractivity contribution in [3.63, 3.8) is 0 Å². The van der Waals surface area contributed by atoms with E-state index in [1.165, 1.54) is 0 Å². The molecule has 0 amide bonds. The van der Waals surface area contributed by atoms with Gasteiger partial charge in [0, 0.05) is 33.2 Å². The maximum atomic E-state index is 5.32. The molecule has 2 heterocycles. The molecule has 0 spiro atoms. The molecule has 1 aliphatic rings. The van der Waals surface area contributed by atoms with E-state index >= 15 is 0 Å². The molecule has 1 aliphatic heterocycles. The van der Waals surface area contributed by atoms with E-state index in [0.717, 1.165) is 36.4 Å². The van der Waals surface area contributed by atoms with Crippen LogP contribution in [0, 0.1) is 5.92 Å². The van der Waals surface area contributed by atoms with Crippen LogP contribution in [0.2, 0.25) is 0 Å². The molecule has 0 aromatic carbocycles. The lowest BCUT2D eigenvalue weighted by atomic mass is 9.96. The first-order chi connectivity index (χ1) is 8.74. The van der Waals surface area contributed by atoms with Crippen molar-refractivity contribution in [2.75, 3.05) is 32.2 Å². The van der Waals surface area contributed by atoms with Gasteiger partial charge < -0.3 is 14.4 Å². The summed E-state index contributed by atoms with van der Waals surface area (Å²) >= 11 is 3.29. The van der Waals surface area contributed by atoms with Gasteiger partial charge in [0.25, 0.3) is 0 Å². The third-order valence-electron chi connectivity index (χ3n) is 3.33. The average molecular weight is 316 g/mol. The summed E-state index contributed by atoms with van der Waals surface area (Å²) in [7, 11) is 3.39. The van der Waals surface area contributed by atoms with Gasteiger partial charge in [0.1, 0.15) is 4.60 Å². The van der Waals surface area contributed by atoms with Crippen LogP contribution in [0.5, 0.6) is 0 Å². The van der Waals surface area contributed by atoms with Crippen LogP contribution in [0.4, 0.5) is 5.82 Å². The van der Waals surface area contributed by atoms with Gasteiger partial charge in [-0.25, -0.2) is 0 Å². The third kappa shape index (κ3) is 3.18. The maximum absolute atomic E-state index is 5.32. The van der Waals surface area contributed by atoms with Crippen molar-refractivity contribution in [3.8, 4) is 0 Å². The van der Waals surface area contributed by atoms with E-state index in [9.17, 15) is 0 Å². The molecule has 0 aliphatic carbocycles. The summed E-state index contributed by atoms with van der Waals surface area (Å²) in [6, 6.07) is 3.91. The maximum Gasteiger partial charge on any atom is 0.159 e. The highest BCUT2D eigenvalue weighted by atomic mass is 79.9. The Labute approximate surface area is 116 Å². The van der Waals surface area contributed by atoms with E-state index < -0.39 is 0 Å². The van der Waals surface area contributed by atoms with Crippen LogP contribution in [0.3, 0.4) is 0 Å². The second kappa shape index (κ2) is 6.45. The number of piperidine rings is 1. The van der Waals surface area contributed by atoms with Crippen LogP contribution in [0.25, 0.3) is 0 Å². The lowest BCUT2D eigenvalue weighted by molar-refractivity contribution is -0.141. The molecule has 0 N–H and O–H groups in total. The van der Waals surface area contributed by atoms with Crippen LogP contribution >= 0.6 is 15.9 Å². The second-order valence-corrected chi connectivity index (χ2v) is 5.19. The smallest absolute Gasteiger partial charge is 0.159 e. The van der Waals surface area contributed by atoms with Gasteiger partial charge in [0.05, 0.1) is 0 Å². The SMILES string of the molecule is COC(OC)C1CCN(c2ccc(Br)nn2)CC1. The number of halogens is 1. The van der Waals surface area contributed by atoms with Crippen molar-refractivity contribution in [1.82, 2.24) is 10.2 Å². The number of anilines is 1. The van der Waals surface area contributed by atoms with Gasteiger partial charge in [-0.1, -0.05) is 0 Å². The van der Waals surface area contributed by atoms with Crippen LogP contribution in [-0.4, -0.2) is 43.8 Å². The quantitative estimate of drug-likeness (QED) is 0.796. The summed E-state index contributed by atoms with van der Waals surface area (Å²) in [4.78, 5) is 2.25. The minimum atomic E-state index is -0.0943. The lowest BCUT2D eigenvalue weighted by Gasteiger charge is -2.35. The normalized spacial score (nSPS) is 17.4. The summed E-state index contributed by atoms with van der Waals surface area (Å²) in [5.41, 5.74) is 0. The molecule has 2 rings (SSSR count). The largest absolute Gasteiger partial charge is 0.356 e. The van der Waals surface area contributed by atoms with E-state index in [-0.39, 0.29) is 6.29 Å².